The number of aromatic nitrogens is 3. The fraction of sp³-hybridized carbons (Fsp3) is 0.500. The van der Waals surface area contributed by atoms with E-state index in [4.69, 9.17) is 11.6 Å². The highest BCUT2D eigenvalue weighted by atomic mass is 35.5. The molecule has 3 rings (SSSR count). The van der Waals surface area contributed by atoms with E-state index in [1.165, 1.54) is 11.8 Å². The Labute approximate surface area is 174 Å². The van der Waals surface area contributed by atoms with Crippen molar-refractivity contribution in [2.45, 2.75) is 68.4 Å². The number of thioether (sulfide) groups is 1. The van der Waals surface area contributed by atoms with Crippen LogP contribution in [0.3, 0.4) is 0 Å². The molecule has 28 heavy (non-hydrogen) atoms. The van der Waals surface area contributed by atoms with E-state index in [-0.39, 0.29) is 11.2 Å². The van der Waals surface area contributed by atoms with Gasteiger partial charge in [-0.05, 0) is 51.0 Å². The molecule has 0 saturated heterocycles. The average molecular weight is 418 g/mol. The van der Waals surface area contributed by atoms with Crippen LogP contribution in [0.25, 0.3) is 11.4 Å². The van der Waals surface area contributed by atoms with Gasteiger partial charge in [-0.15, -0.1) is 10.2 Å². The predicted octanol–water partition coefficient (Wildman–Crippen LogP) is 4.44. The number of hydrogen-bond donors (Lipinski definition) is 1. The van der Waals surface area contributed by atoms with Gasteiger partial charge in [-0.2, -0.15) is 5.26 Å². The summed E-state index contributed by atoms with van der Waals surface area (Å²) in [4.78, 5) is 12.7. The number of rotatable bonds is 6. The van der Waals surface area contributed by atoms with E-state index < -0.39 is 5.54 Å². The second-order valence-electron chi connectivity index (χ2n) is 7.06. The van der Waals surface area contributed by atoms with Crippen LogP contribution in [0.5, 0.6) is 0 Å². The molecule has 148 valence electrons. The van der Waals surface area contributed by atoms with E-state index in [0.29, 0.717) is 16.7 Å². The molecule has 1 aromatic carbocycles. The summed E-state index contributed by atoms with van der Waals surface area (Å²) in [6, 6.07) is 9.78. The third-order valence-corrected chi connectivity index (χ3v) is 6.40. The Hall–Kier alpha value is -2.04. The first-order valence-electron chi connectivity index (χ1n) is 9.57. The predicted molar refractivity (Wildman–Crippen MR) is 111 cm³/mol. The van der Waals surface area contributed by atoms with Gasteiger partial charge in [-0.1, -0.05) is 42.6 Å². The summed E-state index contributed by atoms with van der Waals surface area (Å²) < 4.78 is 1.98. The van der Waals surface area contributed by atoms with Gasteiger partial charge in [0.25, 0.3) is 0 Å². The number of nitrogens with one attached hydrogen (secondary N) is 1. The lowest BCUT2D eigenvalue weighted by molar-refractivity contribution is -0.121. The van der Waals surface area contributed by atoms with Gasteiger partial charge in [0.15, 0.2) is 11.0 Å². The van der Waals surface area contributed by atoms with Gasteiger partial charge >= 0.3 is 0 Å². The van der Waals surface area contributed by atoms with Gasteiger partial charge in [-0.3, -0.25) is 4.79 Å². The van der Waals surface area contributed by atoms with Crippen LogP contribution < -0.4 is 5.32 Å². The van der Waals surface area contributed by atoms with E-state index in [1.807, 2.05) is 42.7 Å². The van der Waals surface area contributed by atoms with E-state index >= 15 is 0 Å². The molecule has 1 heterocycles. The van der Waals surface area contributed by atoms with Crippen molar-refractivity contribution in [1.82, 2.24) is 20.1 Å². The Kier molecular flexibility index (Phi) is 6.63. The van der Waals surface area contributed by atoms with Crippen LogP contribution >= 0.6 is 23.4 Å². The molecule has 1 unspecified atom stereocenters. The number of nitrogens with zero attached hydrogens (tertiary/aromatic N) is 4. The number of nitriles is 1. The summed E-state index contributed by atoms with van der Waals surface area (Å²) in [7, 11) is 0. The van der Waals surface area contributed by atoms with Crippen LogP contribution in [0.15, 0.2) is 29.4 Å². The van der Waals surface area contributed by atoms with Crippen molar-refractivity contribution in [3.63, 3.8) is 0 Å². The first kappa shape index (κ1) is 20.7. The average Bonchev–Trinajstić information content (AvgIpc) is 3.11. The summed E-state index contributed by atoms with van der Waals surface area (Å²) >= 11 is 7.33. The van der Waals surface area contributed by atoms with Crippen molar-refractivity contribution >= 4 is 29.3 Å². The Bertz CT molecular complexity index is 868. The summed E-state index contributed by atoms with van der Waals surface area (Å²) in [6.07, 6.45) is 4.52. The van der Waals surface area contributed by atoms with Crippen LogP contribution in [0.1, 0.15) is 46.0 Å². The highest BCUT2D eigenvalue weighted by molar-refractivity contribution is 8.00. The van der Waals surface area contributed by atoms with Crippen molar-refractivity contribution in [2.24, 2.45) is 0 Å². The van der Waals surface area contributed by atoms with Gasteiger partial charge in [0.2, 0.25) is 5.91 Å². The molecule has 8 heteroatoms. The van der Waals surface area contributed by atoms with Crippen molar-refractivity contribution in [3.8, 4) is 17.5 Å². The van der Waals surface area contributed by atoms with E-state index in [9.17, 15) is 10.1 Å². The number of carbonyl (C=O) groups excluding carboxylic acids is 1. The number of hydrogen-bond acceptors (Lipinski definition) is 5. The molecule has 1 aromatic heterocycles. The highest BCUT2D eigenvalue weighted by Gasteiger charge is 2.35. The fourth-order valence-corrected chi connectivity index (χ4v) is 4.48. The summed E-state index contributed by atoms with van der Waals surface area (Å²) in [5.41, 5.74) is 0.199. The minimum Gasteiger partial charge on any atom is -0.337 e. The van der Waals surface area contributed by atoms with Crippen LogP contribution in [0.4, 0.5) is 0 Å². The van der Waals surface area contributed by atoms with Crippen molar-refractivity contribution in [3.05, 3.63) is 29.3 Å². The number of amides is 1. The molecule has 0 aliphatic heterocycles. The molecule has 1 fully saturated rings. The van der Waals surface area contributed by atoms with Gasteiger partial charge < -0.3 is 9.88 Å². The minimum absolute atomic E-state index is 0.132. The zero-order valence-electron chi connectivity index (χ0n) is 16.1. The quantitative estimate of drug-likeness (QED) is 0.702. The van der Waals surface area contributed by atoms with Gasteiger partial charge in [0.05, 0.1) is 11.3 Å². The maximum absolute atomic E-state index is 12.7. The lowest BCUT2D eigenvalue weighted by Gasteiger charge is -2.32. The zero-order valence-corrected chi connectivity index (χ0v) is 17.7. The fourth-order valence-electron chi connectivity index (χ4n) is 3.44. The Morgan fingerprint density at radius 2 is 2.00 bits per heavy atom. The number of halogens is 1. The standard InChI is InChI=1S/C20H24ClN5OS/c1-3-26-17(15-7-9-16(21)10-8-15)24-25-19(26)28-14(2)18(27)23-20(13-22)11-5-4-6-12-20/h7-10,14H,3-6,11-12H2,1-2H3,(H,23,27). The maximum atomic E-state index is 12.7. The molecule has 1 aliphatic rings. The first-order valence-corrected chi connectivity index (χ1v) is 10.8. The van der Waals surface area contributed by atoms with Crippen molar-refractivity contribution < 1.29 is 4.79 Å². The van der Waals surface area contributed by atoms with Crippen LogP contribution in [0, 0.1) is 11.3 Å². The third kappa shape index (κ3) is 4.50. The molecule has 2 aromatic rings. The highest BCUT2D eigenvalue weighted by Crippen LogP contribution is 2.30. The smallest absolute Gasteiger partial charge is 0.234 e. The zero-order chi connectivity index (χ0) is 20.1. The molecule has 1 saturated carbocycles. The molecule has 1 amide bonds. The van der Waals surface area contributed by atoms with Crippen molar-refractivity contribution in [2.75, 3.05) is 0 Å². The van der Waals surface area contributed by atoms with E-state index in [0.717, 1.165) is 43.5 Å². The molecule has 0 radical (unpaired) electrons. The molecule has 1 aliphatic carbocycles. The largest absolute Gasteiger partial charge is 0.337 e. The van der Waals surface area contributed by atoms with Crippen molar-refractivity contribution in [1.29, 1.82) is 5.26 Å². The summed E-state index contributed by atoms with van der Waals surface area (Å²) in [5, 5.41) is 22.2. The molecule has 0 spiro atoms. The SMILES string of the molecule is CCn1c(SC(C)C(=O)NC2(C#N)CCCCC2)nnc1-c1ccc(Cl)cc1. The first-order chi connectivity index (χ1) is 13.5. The Balaban J connectivity index is 1.73. The molecule has 0 bridgehead atoms. The van der Waals surface area contributed by atoms with Crippen LogP contribution in [-0.2, 0) is 11.3 Å². The lowest BCUT2D eigenvalue weighted by atomic mass is 9.83. The van der Waals surface area contributed by atoms with E-state index in [2.05, 4.69) is 21.6 Å². The van der Waals surface area contributed by atoms with Gasteiger partial charge in [-0.25, -0.2) is 0 Å². The number of carbonyl (C=O) groups is 1. The van der Waals surface area contributed by atoms with Crippen LogP contribution in [0.2, 0.25) is 5.02 Å². The maximum Gasteiger partial charge on any atom is 0.234 e. The lowest BCUT2D eigenvalue weighted by Crippen LogP contribution is -2.51. The number of benzene rings is 1. The van der Waals surface area contributed by atoms with Gasteiger partial charge in [0, 0.05) is 17.1 Å². The second kappa shape index (κ2) is 8.97. The Morgan fingerprint density at radius 1 is 1.32 bits per heavy atom. The minimum atomic E-state index is -0.725. The molecule has 1 N–H and O–H groups in total. The van der Waals surface area contributed by atoms with E-state index in [1.54, 1.807) is 0 Å². The third-order valence-electron chi connectivity index (χ3n) is 5.07. The molecule has 6 nitrogen and oxygen atoms in total. The molecule has 1 atom stereocenters. The van der Waals surface area contributed by atoms with Crippen LogP contribution in [-0.4, -0.2) is 31.5 Å². The summed E-state index contributed by atoms with van der Waals surface area (Å²) in [6.45, 7) is 4.54. The molecular weight excluding hydrogens is 394 g/mol. The normalized spacial score (nSPS) is 16.9. The van der Waals surface area contributed by atoms with Gasteiger partial charge in [0.1, 0.15) is 5.54 Å². The summed E-state index contributed by atoms with van der Waals surface area (Å²) in [5.74, 6) is 0.613. The second-order valence-corrected chi connectivity index (χ2v) is 8.81. The monoisotopic (exact) mass is 417 g/mol. The topological polar surface area (TPSA) is 83.6 Å². The molecular formula is C20H24ClN5OS. The Morgan fingerprint density at radius 3 is 2.61 bits per heavy atom.